The van der Waals surface area contributed by atoms with Gasteiger partial charge in [-0.3, -0.25) is 0 Å². The molecular weight excluding hydrogens is 161 g/mol. The fourth-order valence-electron chi connectivity index (χ4n) is 1.65. The maximum absolute atomic E-state index is 5.64. The van der Waals surface area contributed by atoms with Crippen LogP contribution in [0.5, 0.6) is 5.75 Å². The van der Waals surface area contributed by atoms with E-state index in [1.807, 2.05) is 6.07 Å². The molecule has 0 fully saturated rings. The van der Waals surface area contributed by atoms with Gasteiger partial charge in [-0.05, 0) is 6.07 Å². The Labute approximate surface area is 79.8 Å². The Kier molecular flexibility index (Phi) is 2.55. The van der Waals surface area contributed by atoms with E-state index in [-0.39, 0.29) is 0 Å². The van der Waals surface area contributed by atoms with E-state index >= 15 is 0 Å². The molecular formula is C10H14BNO. The number of hydrogen-bond donors (Lipinski definition) is 0. The maximum Gasteiger partial charge on any atom is 0.201 e. The van der Waals surface area contributed by atoms with Crippen molar-refractivity contribution in [2.24, 2.45) is 0 Å². The zero-order chi connectivity index (χ0) is 9.10. The maximum atomic E-state index is 5.64. The van der Waals surface area contributed by atoms with E-state index in [2.05, 4.69) is 29.8 Å². The second-order valence-electron chi connectivity index (χ2n) is 3.32. The summed E-state index contributed by atoms with van der Waals surface area (Å²) in [5.74, 6) is 1.05. The van der Waals surface area contributed by atoms with Gasteiger partial charge < -0.3 is 9.55 Å². The molecule has 0 saturated carbocycles. The van der Waals surface area contributed by atoms with Crippen molar-refractivity contribution in [1.29, 1.82) is 0 Å². The van der Waals surface area contributed by atoms with Crippen LogP contribution in [0.15, 0.2) is 24.3 Å². The summed E-state index contributed by atoms with van der Waals surface area (Å²) in [6, 6.07) is 8.29. The predicted octanol–water partition coefficient (Wildman–Crippen LogP) is 1.28. The molecule has 2 rings (SSSR count). The first-order valence-corrected chi connectivity index (χ1v) is 4.83. The Morgan fingerprint density at radius 3 is 3.08 bits per heavy atom. The van der Waals surface area contributed by atoms with Gasteiger partial charge in [0.25, 0.3) is 0 Å². The minimum Gasteiger partial charge on any atom is -0.492 e. The average molecular weight is 175 g/mol. The van der Waals surface area contributed by atoms with Crippen molar-refractivity contribution in [2.75, 3.05) is 13.2 Å². The lowest BCUT2D eigenvalue weighted by atomic mass is 9.95. The van der Waals surface area contributed by atoms with Crippen molar-refractivity contribution in [2.45, 2.75) is 13.4 Å². The highest BCUT2D eigenvalue weighted by Crippen LogP contribution is 2.21. The molecule has 0 atom stereocenters. The Morgan fingerprint density at radius 2 is 2.23 bits per heavy atom. The van der Waals surface area contributed by atoms with Crippen LogP contribution in [0.25, 0.3) is 0 Å². The van der Waals surface area contributed by atoms with E-state index in [0.717, 1.165) is 32.9 Å². The number of ether oxygens (including phenoxy) is 1. The van der Waals surface area contributed by atoms with Gasteiger partial charge in [0.05, 0.1) is 6.61 Å². The lowest BCUT2D eigenvalue weighted by Gasteiger charge is -2.15. The quantitative estimate of drug-likeness (QED) is 0.596. The van der Waals surface area contributed by atoms with Crippen molar-refractivity contribution >= 4 is 7.41 Å². The lowest BCUT2D eigenvalue weighted by Crippen LogP contribution is -2.27. The SMILES string of the molecule is CBN1CCOc2ccccc2C1. The smallest absolute Gasteiger partial charge is 0.201 e. The highest BCUT2D eigenvalue weighted by Gasteiger charge is 2.12. The molecule has 1 heterocycles. The van der Waals surface area contributed by atoms with E-state index in [1.165, 1.54) is 5.56 Å². The van der Waals surface area contributed by atoms with E-state index < -0.39 is 0 Å². The molecule has 13 heavy (non-hydrogen) atoms. The van der Waals surface area contributed by atoms with Gasteiger partial charge in [-0.15, -0.1) is 0 Å². The van der Waals surface area contributed by atoms with Crippen molar-refractivity contribution < 1.29 is 4.74 Å². The number of fused-ring (bicyclic) bond motifs is 1. The summed E-state index contributed by atoms with van der Waals surface area (Å²) < 4.78 is 5.64. The van der Waals surface area contributed by atoms with Crippen molar-refractivity contribution in [1.82, 2.24) is 4.81 Å². The standard InChI is InChI=1S/C10H14BNO/c1-11-12-6-7-13-10-5-3-2-4-9(10)8-12/h2-5,11H,6-8H2,1H3. The van der Waals surface area contributed by atoms with Crippen molar-refractivity contribution in [3.8, 4) is 5.75 Å². The fraction of sp³-hybridized carbons (Fsp3) is 0.400. The number of benzene rings is 1. The molecule has 68 valence electrons. The van der Waals surface area contributed by atoms with E-state index in [1.54, 1.807) is 0 Å². The molecule has 0 radical (unpaired) electrons. The molecule has 0 N–H and O–H groups in total. The molecule has 1 aromatic carbocycles. The Bertz CT molecular complexity index is 290. The first-order chi connectivity index (χ1) is 6.40. The zero-order valence-corrected chi connectivity index (χ0v) is 7.99. The topological polar surface area (TPSA) is 12.5 Å². The lowest BCUT2D eigenvalue weighted by molar-refractivity contribution is 0.296. The van der Waals surface area contributed by atoms with Crippen molar-refractivity contribution in [3.05, 3.63) is 29.8 Å². The summed E-state index contributed by atoms with van der Waals surface area (Å²) >= 11 is 0. The van der Waals surface area contributed by atoms with Gasteiger partial charge >= 0.3 is 0 Å². The molecule has 0 saturated heterocycles. The molecule has 1 aliphatic rings. The second kappa shape index (κ2) is 3.84. The highest BCUT2D eigenvalue weighted by molar-refractivity contribution is 6.29. The first-order valence-electron chi connectivity index (χ1n) is 4.83. The van der Waals surface area contributed by atoms with Gasteiger partial charge in [0.15, 0.2) is 0 Å². The third-order valence-corrected chi connectivity index (χ3v) is 2.48. The number of rotatable bonds is 1. The van der Waals surface area contributed by atoms with Crippen LogP contribution in [-0.2, 0) is 6.54 Å². The zero-order valence-electron chi connectivity index (χ0n) is 7.99. The third kappa shape index (κ3) is 1.86. The van der Waals surface area contributed by atoms with Gasteiger partial charge in [0.2, 0.25) is 7.41 Å². The van der Waals surface area contributed by atoms with Crippen LogP contribution in [0, 0.1) is 0 Å². The summed E-state index contributed by atoms with van der Waals surface area (Å²) in [7, 11) is 1.09. The van der Waals surface area contributed by atoms with Gasteiger partial charge in [-0.25, -0.2) is 0 Å². The van der Waals surface area contributed by atoms with E-state index in [4.69, 9.17) is 4.74 Å². The fourth-order valence-corrected chi connectivity index (χ4v) is 1.65. The van der Waals surface area contributed by atoms with Gasteiger partial charge in [0.1, 0.15) is 5.75 Å². The van der Waals surface area contributed by atoms with Crippen LogP contribution in [0.4, 0.5) is 0 Å². The molecule has 1 aromatic rings. The van der Waals surface area contributed by atoms with Gasteiger partial charge in [-0.2, -0.15) is 0 Å². The molecule has 0 spiro atoms. The van der Waals surface area contributed by atoms with Crippen molar-refractivity contribution in [3.63, 3.8) is 0 Å². The molecule has 0 unspecified atom stereocenters. The monoisotopic (exact) mass is 175 g/mol. The molecule has 3 heteroatoms. The van der Waals surface area contributed by atoms with Gasteiger partial charge in [0, 0.05) is 18.7 Å². The Morgan fingerprint density at radius 1 is 1.38 bits per heavy atom. The number of nitrogens with zero attached hydrogens (tertiary/aromatic N) is 1. The highest BCUT2D eigenvalue weighted by atomic mass is 16.5. The molecule has 1 aliphatic heterocycles. The van der Waals surface area contributed by atoms with Crippen LogP contribution < -0.4 is 4.74 Å². The molecule has 0 aromatic heterocycles. The van der Waals surface area contributed by atoms with Crippen LogP contribution >= 0.6 is 0 Å². The average Bonchev–Trinajstić information content (AvgIpc) is 2.38. The summed E-state index contributed by atoms with van der Waals surface area (Å²) in [5, 5.41) is 0. The molecule has 0 bridgehead atoms. The van der Waals surface area contributed by atoms with Gasteiger partial charge in [-0.1, -0.05) is 25.0 Å². The molecule has 2 nitrogen and oxygen atoms in total. The van der Waals surface area contributed by atoms with E-state index in [0.29, 0.717) is 0 Å². The first kappa shape index (κ1) is 8.63. The van der Waals surface area contributed by atoms with Crippen LogP contribution in [-0.4, -0.2) is 25.4 Å². The predicted molar refractivity (Wildman–Crippen MR) is 55.4 cm³/mol. The minimum absolute atomic E-state index is 0.810. The summed E-state index contributed by atoms with van der Waals surface area (Å²) in [4.78, 5) is 2.39. The normalized spacial score (nSPS) is 17.0. The summed E-state index contributed by atoms with van der Waals surface area (Å²) in [6.45, 7) is 5.05. The van der Waals surface area contributed by atoms with Crippen LogP contribution in [0.3, 0.4) is 0 Å². The third-order valence-electron chi connectivity index (χ3n) is 2.48. The number of hydrogen-bond acceptors (Lipinski definition) is 2. The summed E-state index contributed by atoms with van der Waals surface area (Å²) in [5.41, 5.74) is 1.31. The van der Waals surface area contributed by atoms with E-state index in [9.17, 15) is 0 Å². The largest absolute Gasteiger partial charge is 0.492 e. The minimum atomic E-state index is 0.810. The molecule has 0 aliphatic carbocycles. The Balaban J connectivity index is 2.23. The van der Waals surface area contributed by atoms with Crippen LogP contribution in [0.2, 0.25) is 6.82 Å². The summed E-state index contributed by atoms with van der Waals surface area (Å²) in [6.07, 6.45) is 0. The Hall–Kier alpha value is -0.955. The molecule has 0 amide bonds. The van der Waals surface area contributed by atoms with Crippen LogP contribution in [0.1, 0.15) is 5.56 Å². The second-order valence-corrected chi connectivity index (χ2v) is 3.32. The number of para-hydroxylation sites is 1.